The molecule has 1 aliphatic rings. The second kappa shape index (κ2) is 10.3. The zero-order valence-electron chi connectivity index (χ0n) is 17.9. The Balaban J connectivity index is 1.62. The predicted octanol–water partition coefficient (Wildman–Crippen LogP) is 4.39. The van der Waals surface area contributed by atoms with Gasteiger partial charge < -0.3 is 4.57 Å². The molecule has 0 N–H and O–H groups in total. The first-order chi connectivity index (χ1) is 15.8. The molecular weight excluding hydrogens is 505 g/mol. The molecule has 0 spiro atoms. The van der Waals surface area contributed by atoms with Crippen molar-refractivity contribution in [2.75, 3.05) is 25.1 Å². The number of carbonyl (C=O) groups excluding carboxylic acids is 1. The van der Waals surface area contributed by atoms with Gasteiger partial charge in [0.05, 0.1) is 21.0 Å². The third-order valence-electron chi connectivity index (χ3n) is 5.55. The molecule has 1 aliphatic heterocycles. The first kappa shape index (κ1) is 24.4. The fourth-order valence-electron chi connectivity index (χ4n) is 3.83. The summed E-state index contributed by atoms with van der Waals surface area (Å²) in [6, 6.07) is 10.3. The van der Waals surface area contributed by atoms with E-state index in [-0.39, 0.29) is 17.3 Å². The Hall–Kier alpha value is -1.72. The fourth-order valence-corrected chi connectivity index (χ4v) is 7.06. The molecular formula is C22H23ClFN3O3S3. The SMILES string of the molecule is CSCCn1c(=NC(=O)C2CCCN(S(=O)(=O)c3ccc(F)cc3)C2)sc2cc(Cl)ccc21. The Labute approximate surface area is 205 Å². The summed E-state index contributed by atoms with van der Waals surface area (Å²) in [5.74, 6) is -0.497. The van der Waals surface area contributed by atoms with Crippen LogP contribution >= 0.6 is 34.7 Å². The number of aryl methyl sites for hydroxylation is 1. The van der Waals surface area contributed by atoms with Gasteiger partial charge in [-0.15, -0.1) is 0 Å². The van der Waals surface area contributed by atoms with Crippen molar-refractivity contribution in [2.24, 2.45) is 10.9 Å². The lowest BCUT2D eigenvalue weighted by molar-refractivity contribution is -0.122. The van der Waals surface area contributed by atoms with Crippen molar-refractivity contribution in [1.29, 1.82) is 0 Å². The van der Waals surface area contributed by atoms with E-state index in [0.29, 0.717) is 35.8 Å². The molecule has 1 fully saturated rings. The van der Waals surface area contributed by atoms with E-state index < -0.39 is 21.8 Å². The van der Waals surface area contributed by atoms with E-state index in [2.05, 4.69) is 4.99 Å². The van der Waals surface area contributed by atoms with Crippen LogP contribution in [0, 0.1) is 11.7 Å². The molecule has 2 aromatic carbocycles. The van der Waals surface area contributed by atoms with E-state index in [1.165, 1.54) is 27.8 Å². The Kier molecular flexibility index (Phi) is 7.59. The molecule has 0 aliphatic carbocycles. The number of halogens is 2. The van der Waals surface area contributed by atoms with Crippen LogP contribution in [-0.2, 0) is 21.4 Å². The van der Waals surface area contributed by atoms with Gasteiger partial charge in [0.1, 0.15) is 5.82 Å². The lowest BCUT2D eigenvalue weighted by Crippen LogP contribution is -2.42. The summed E-state index contributed by atoms with van der Waals surface area (Å²) >= 11 is 9.25. The maximum absolute atomic E-state index is 13.2. The fraction of sp³-hybridized carbons (Fsp3) is 0.364. The topological polar surface area (TPSA) is 71.7 Å². The molecule has 1 saturated heterocycles. The van der Waals surface area contributed by atoms with Crippen molar-refractivity contribution in [2.45, 2.75) is 24.3 Å². The highest BCUT2D eigenvalue weighted by molar-refractivity contribution is 7.98. The van der Waals surface area contributed by atoms with Crippen LogP contribution in [0.15, 0.2) is 52.4 Å². The van der Waals surface area contributed by atoms with Crippen LogP contribution in [0.5, 0.6) is 0 Å². The minimum Gasteiger partial charge on any atom is -0.316 e. The number of amides is 1. The molecule has 4 rings (SSSR count). The number of aromatic nitrogens is 1. The van der Waals surface area contributed by atoms with Crippen LogP contribution in [0.4, 0.5) is 4.39 Å². The molecule has 2 heterocycles. The Morgan fingerprint density at radius 3 is 2.76 bits per heavy atom. The predicted molar refractivity (Wildman–Crippen MR) is 132 cm³/mol. The minimum absolute atomic E-state index is 0.0187. The number of carbonyl (C=O) groups is 1. The summed E-state index contributed by atoms with van der Waals surface area (Å²) in [5.41, 5.74) is 0.967. The number of thioether (sulfide) groups is 1. The van der Waals surface area contributed by atoms with Gasteiger partial charge in [0, 0.05) is 30.4 Å². The van der Waals surface area contributed by atoms with Gasteiger partial charge in [0.25, 0.3) is 5.91 Å². The van der Waals surface area contributed by atoms with Gasteiger partial charge in [-0.05, 0) is 61.6 Å². The van der Waals surface area contributed by atoms with E-state index in [1.807, 2.05) is 29.0 Å². The summed E-state index contributed by atoms with van der Waals surface area (Å²) in [6.07, 6.45) is 3.15. The number of fused-ring (bicyclic) bond motifs is 1. The summed E-state index contributed by atoms with van der Waals surface area (Å²) in [7, 11) is -3.81. The van der Waals surface area contributed by atoms with Gasteiger partial charge in [0.2, 0.25) is 10.0 Å². The second-order valence-electron chi connectivity index (χ2n) is 7.75. The third kappa shape index (κ3) is 5.35. The van der Waals surface area contributed by atoms with E-state index in [4.69, 9.17) is 11.6 Å². The number of hydrogen-bond acceptors (Lipinski definition) is 5. The third-order valence-corrected chi connectivity index (χ3v) is 9.30. The van der Waals surface area contributed by atoms with E-state index in [1.54, 1.807) is 11.8 Å². The van der Waals surface area contributed by atoms with Crippen LogP contribution in [0.1, 0.15) is 12.8 Å². The Bertz CT molecular complexity index is 1340. The highest BCUT2D eigenvalue weighted by atomic mass is 35.5. The van der Waals surface area contributed by atoms with Crippen molar-refractivity contribution in [3.05, 3.63) is 58.1 Å². The molecule has 6 nitrogen and oxygen atoms in total. The Morgan fingerprint density at radius 1 is 1.27 bits per heavy atom. The van der Waals surface area contributed by atoms with Crippen molar-refractivity contribution in [1.82, 2.24) is 8.87 Å². The Morgan fingerprint density at radius 2 is 2.03 bits per heavy atom. The molecule has 176 valence electrons. The van der Waals surface area contributed by atoms with Gasteiger partial charge >= 0.3 is 0 Å². The molecule has 1 atom stereocenters. The lowest BCUT2D eigenvalue weighted by Gasteiger charge is -2.30. The van der Waals surface area contributed by atoms with Gasteiger partial charge in [-0.3, -0.25) is 4.79 Å². The average Bonchev–Trinajstić information content (AvgIpc) is 3.13. The maximum Gasteiger partial charge on any atom is 0.252 e. The number of nitrogens with zero attached hydrogens (tertiary/aromatic N) is 3. The van der Waals surface area contributed by atoms with Gasteiger partial charge in [-0.1, -0.05) is 22.9 Å². The number of hydrogen-bond donors (Lipinski definition) is 0. The normalized spacial score (nSPS) is 18.2. The summed E-state index contributed by atoms with van der Waals surface area (Å²) in [5, 5.41) is 0.618. The molecule has 1 aromatic heterocycles. The maximum atomic E-state index is 13.2. The van der Waals surface area contributed by atoms with Crippen LogP contribution in [0.3, 0.4) is 0 Å². The molecule has 33 heavy (non-hydrogen) atoms. The second-order valence-corrected chi connectivity index (χ2v) is 12.1. The first-order valence-electron chi connectivity index (χ1n) is 10.4. The molecule has 11 heteroatoms. The van der Waals surface area contributed by atoms with Crippen molar-refractivity contribution < 1.29 is 17.6 Å². The number of sulfonamides is 1. The molecule has 0 saturated carbocycles. The van der Waals surface area contributed by atoms with Crippen LogP contribution in [0.25, 0.3) is 10.2 Å². The van der Waals surface area contributed by atoms with Crippen molar-refractivity contribution >= 4 is 60.8 Å². The van der Waals surface area contributed by atoms with Gasteiger partial charge in [0.15, 0.2) is 4.80 Å². The highest BCUT2D eigenvalue weighted by Gasteiger charge is 2.33. The molecule has 1 unspecified atom stereocenters. The van der Waals surface area contributed by atoms with Crippen LogP contribution in [0.2, 0.25) is 5.02 Å². The van der Waals surface area contributed by atoms with Gasteiger partial charge in [-0.2, -0.15) is 21.1 Å². The monoisotopic (exact) mass is 527 g/mol. The quantitative estimate of drug-likeness (QED) is 0.477. The van der Waals surface area contributed by atoms with E-state index in [9.17, 15) is 17.6 Å². The van der Waals surface area contributed by atoms with Crippen molar-refractivity contribution in [3.8, 4) is 0 Å². The first-order valence-corrected chi connectivity index (χ1v) is 14.4. The molecule has 3 aromatic rings. The number of rotatable bonds is 6. The summed E-state index contributed by atoms with van der Waals surface area (Å²) in [6.45, 7) is 1.08. The zero-order valence-corrected chi connectivity index (χ0v) is 21.1. The summed E-state index contributed by atoms with van der Waals surface area (Å²) in [4.78, 5) is 18.1. The smallest absolute Gasteiger partial charge is 0.252 e. The highest BCUT2D eigenvalue weighted by Crippen LogP contribution is 2.26. The van der Waals surface area contributed by atoms with Crippen LogP contribution < -0.4 is 4.80 Å². The van der Waals surface area contributed by atoms with Crippen LogP contribution in [-0.4, -0.2) is 48.3 Å². The number of benzene rings is 2. The molecule has 0 radical (unpaired) electrons. The minimum atomic E-state index is -3.81. The average molecular weight is 528 g/mol. The molecule has 1 amide bonds. The van der Waals surface area contributed by atoms with E-state index in [0.717, 1.165) is 28.1 Å². The lowest BCUT2D eigenvalue weighted by atomic mass is 9.99. The van der Waals surface area contributed by atoms with E-state index >= 15 is 0 Å². The summed E-state index contributed by atoms with van der Waals surface area (Å²) < 4.78 is 43.5. The molecule has 0 bridgehead atoms. The number of thiazole rings is 1. The number of piperidine rings is 1. The van der Waals surface area contributed by atoms with Crippen molar-refractivity contribution in [3.63, 3.8) is 0 Å². The largest absolute Gasteiger partial charge is 0.316 e. The standard InChI is InChI=1S/C22H23ClFN3O3S3/c1-31-12-11-27-19-9-4-16(23)13-20(19)32-22(27)25-21(28)15-3-2-10-26(14-15)33(29,30)18-7-5-17(24)6-8-18/h4-9,13,15H,2-3,10-12,14H2,1H3. The van der Waals surface area contributed by atoms with Gasteiger partial charge in [-0.25, -0.2) is 12.8 Å². The zero-order chi connectivity index (χ0) is 23.6.